The molecule has 0 bridgehead atoms. The second kappa shape index (κ2) is 5.23. The van der Waals surface area contributed by atoms with E-state index >= 15 is 0 Å². The number of hydrogen-bond acceptors (Lipinski definition) is 4. The number of aromatic amines is 1. The zero-order valence-electron chi connectivity index (χ0n) is 9.56. The number of H-pyrrole nitrogens is 1. The predicted molar refractivity (Wildman–Crippen MR) is 71.6 cm³/mol. The lowest BCUT2D eigenvalue weighted by molar-refractivity contribution is 0.886. The Bertz CT molecular complexity index is 458. The Kier molecular flexibility index (Phi) is 3.47. The second-order valence-corrected chi connectivity index (χ2v) is 6.64. The van der Waals surface area contributed by atoms with Crippen LogP contribution in [0.2, 0.25) is 0 Å². The van der Waals surface area contributed by atoms with Crippen LogP contribution in [0.15, 0.2) is 22.7 Å². The summed E-state index contributed by atoms with van der Waals surface area (Å²) in [5, 5.41) is 11.1. The molecule has 0 unspecified atom stereocenters. The van der Waals surface area contributed by atoms with Gasteiger partial charge in [0.1, 0.15) is 5.82 Å². The highest BCUT2D eigenvalue weighted by Gasteiger charge is 2.18. The molecule has 2 heterocycles. The summed E-state index contributed by atoms with van der Waals surface area (Å²) >= 11 is 3.60. The Morgan fingerprint density at radius 2 is 2.29 bits per heavy atom. The highest BCUT2D eigenvalue weighted by molar-refractivity contribution is 7.99. The number of nitrogens with one attached hydrogen (secondary N) is 1. The Labute approximate surface area is 109 Å². The molecule has 0 aromatic carbocycles. The molecule has 1 aliphatic rings. The first-order valence-corrected chi connectivity index (χ1v) is 7.76. The van der Waals surface area contributed by atoms with Crippen LogP contribution in [0.5, 0.6) is 0 Å². The molecule has 1 saturated carbocycles. The van der Waals surface area contributed by atoms with E-state index in [1.54, 1.807) is 11.3 Å². The Morgan fingerprint density at radius 1 is 1.41 bits per heavy atom. The van der Waals surface area contributed by atoms with Crippen molar-refractivity contribution < 1.29 is 0 Å². The van der Waals surface area contributed by atoms with Crippen molar-refractivity contribution >= 4 is 23.1 Å². The Hall–Kier alpha value is -0.810. The molecule has 3 nitrogen and oxygen atoms in total. The molecule has 0 aliphatic heterocycles. The summed E-state index contributed by atoms with van der Waals surface area (Å²) in [6.07, 6.45) is 6.24. The lowest BCUT2D eigenvalue weighted by Crippen LogP contribution is -1.94. The van der Waals surface area contributed by atoms with E-state index in [4.69, 9.17) is 0 Å². The molecule has 17 heavy (non-hydrogen) atoms. The topological polar surface area (TPSA) is 41.6 Å². The standard InChI is InChI=1S/C12H15N3S2/c1-2-5-9(4-1)17-12-13-11(14-15-12)8-10-6-3-7-16-10/h3,6-7,9H,1-2,4-5,8H2,(H,13,14,15). The molecule has 0 saturated heterocycles. The molecule has 0 atom stereocenters. The maximum absolute atomic E-state index is 4.55. The highest BCUT2D eigenvalue weighted by Crippen LogP contribution is 2.32. The van der Waals surface area contributed by atoms with Crippen LogP contribution in [-0.4, -0.2) is 20.4 Å². The van der Waals surface area contributed by atoms with Gasteiger partial charge in [0.15, 0.2) is 0 Å². The first-order chi connectivity index (χ1) is 8.40. The molecular formula is C12H15N3S2. The molecule has 2 aromatic rings. The van der Waals surface area contributed by atoms with E-state index in [0.717, 1.165) is 22.7 Å². The Balaban J connectivity index is 1.61. The van der Waals surface area contributed by atoms with E-state index < -0.39 is 0 Å². The minimum absolute atomic E-state index is 0.736. The van der Waals surface area contributed by atoms with Gasteiger partial charge in [0.2, 0.25) is 5.16 Å². The van der Waals surface area contributed by atoms with Crippen LogP contribution in [0.4, 0.5) is 0 Å². The molecule has 1 N–H and O–H groups in total. The summed E-state index contributed by atoms with van der Waals surface area (Å²) in [7, 11) is 0. The summed E-state index contributed by atoms with van der Waals surface area (Å²) in [4.78, 5) is 5.88. The first kappa shape index (κ1) is 11.3. The molecule has 2 aromatic heterocycles. The minimum Gasteiger partial charge on any atom is -0.262 e. The number of rotatable bonds is 4. The van der Waals surface area contributed by atoms with Gasteiger partial charge >= 0.3 is 0 Å². The maximum Gasteiger partial charge on any atom is 0.208 e. The zero-order valence-corrected chi connectivity index (χ0v) is 11.2. The summed E-state index contributed by atoms with van der Waals surface area (Å²) in [5.74, 6) is 0.980. The fourth-order valence-electron chi connectivity index (χ4n) is 2.14. The van der Waals surface area contributed by atoms with E-state index in [1.165, 1.54) is 30.6 Å². The third-order valence-electron chi connectivity index (χ3n) is 3.01. The molecule has 90 valence electrons. The molecule has 1 fully saturated rings. The third-order valence-corrected chi connectivity index (χ3v) is 5.08. The fourth-order valence-corrected chi connectivity index (χ4v) is 3.98. The van der Waals surface area contributed by atoms with Gasteiger partial charge < -0.3 is 0 Å². The maximum atomic E-state index is 4.55. The summed E-state index contributed by atoms with van der Waals surface area (Å²) in [5.41, 5.74) is 0. The van der Waals surface area contributed by atoms with Crippen molar-refractivity contribution in [2.45, 2.75) is 42.5 Å². The normalized spacial score (nSPS) is 16.7. The fraction of sp³-hybridized carbons (Fsp3) is 0.500. The molecular weight excluding hydrogens is 250 g/mol. The van der Waals surface area contributed by atoms with Gasteiger partial charge in [-0.3, -0.25) is 5.10 Å². The van der Waals surface area contributed by atoms with Crippen molar-refractivity contribution in [2.24, 2.45) is 0 Å². The van der Waals surface area contributed by atoms with E-state index in [2.05, 4.69) is 32.7 Å². The van der Waals surface area contributed by atoms with Gasteiger partial charge in [-0.2, -0.15) is 0 Å². The number of hydrogen-bond donors (Lipinski definition) is 1. The number of thiophene rings is 1. The van der Waals surface area contributed by atoms with Gasteiger partial charge in [-0.15, -0.1) is 16.4 Å². The van der Waals surface area contributed by atoms with Crippen LogP contribution in [0.25, 0.3) is 0 Å². The Morgan fingerprint density at radius 3 is 3.06 bits per heavy atom. The summed E-state index contributed by atoms with van der Waals surface area (Å²) in [6, 6.07) is 4.21. The molecule has 0 spiro atoms. The van der Waals surface area contributed by atoms with Crippen LogP contribution in [-0.2, 0) is 6.42 Å². The molecule has 5 heteroatoms. The van der Waals surface area contributed by atoms with Crippen LogP contribution in [0.1, 0.15) is 36.4 Å². The largest absolute Gasteiger partial charge is 0.262 e. The van der Waals surface area contributed by atoms with Crippen LogP contribution in [0, 0.1) is 0 Å². The summed E-state index contributed by atoms with van der Waals surface area (Å²) < 4.78 is 0. The van der Waals surface area contributed by atoms with Gasteiger partial charge in [0.05, 0.1) is 0 Å². The van der Waals surface area contributed by atoms with Gasteiger partial charge in [-0.1, -0.05) is 30.7 Å². The highest BCUT2D eigenvalue weighted by atomic mass is 32.2. The lowest BCUT2D eigenvalue weighted by Gasteiger charge is -2.02. The van der Waals surface area contributed by atoms with Gasteiger partial charge in [-0.05, 0) is 24.3 Å². The van der Waals surface area contributed by atoms with Crippen LogP contribution < -0.4 is 0 Å². The second-order valence-electron chi connectivity index (χ2n) is 4.35. The van der Waals surface area contributed by atoms with Crippen LogP contribution >= 0.6 is 23.1 Å². The summed E-state index contributed by atoms with van der Waals surface area (Å²) in [6.45, 7) is 0. The van der Waals surface area contributed by atoms with Gasteiger partial charge in [0, 0.05) is 16.5 Å². The third kappa shape index (κ3) is 2.90. The monoisotopic (exact) mass is 265 g/mol. The van der Waals surface area contributed by atoms with E-state index in [0.29, 0.717) is 0 Å². The van der Waals surface area contributed by atoms with Crippen molar-refractivity contribution in [3.63, 3.8) is 0 Å². The van der Waals surface area contributed by atoms with Crippen molar-refractivity contribution in [3.8, 4) is 0 Å². The van der Waals surface area contributed by atoms with Gasteiger partial charge in [-0.25, -0.2) is 4.98 Å². The van der Waals surface area contributed by atoms with Crippen molar-refractivity contribution in [1.29, 1.82) is 0 Å². The molecule has 1 aliphatic carbocycles. The molecule has 0 amide bonds. The quantitative estimate of drug-likeness (QED) is 0.920. The van der Waals surface area contributed by atoms with Crippen molar-refractivity contribution in [2.75, 3.05) is 0 Å². The average molecular weight is 265 g/mol. The SMILES string of the molecule is c1csc(Cc2nc(SC3CCCC3)n[nH]2)c1. The molecule has 3 rings (SSSR count). The average Bonchev–Trinajstić information content (AvgIpc) is 3.02. The smallest absolute Gasteiger partial charge is 0.208 e. The van der Waals surface area contributed by atoms with Crippen molar-refractivity contribution in [1.82, 2.24) is 15.2 Å². The van der Waals surface area contributed by atoms with Crippen molar-refractivity contribution in [3.05, 3.63) is 28.2 Å². The van der Waals surface area contributed by atoms with E-state index in [1.807, 2.05) is 11.8 Å². The predicted octanol–water partition coefficient (Wildman–Crippen LogP) is 3.49. The minimum atomic E-state index is 0.736. The van der Waals surface area contributed by atoms with E-state index in [9.17, 15) is 0 Å². The number of aromatic nitrogens is 3. The van der Waals surface area contributed by atoms with E-state index in [-0.39, 0.29) is 0 Å². The zero-order chi connectivity index (χ0) is 11.5. The van der Waals surface area contributed by atoms with Gasteiger partial charge in [0.25, 0.3) is 0 Å². The first-order valence-electron chi connectivity index (χ1n) is 6.00. The number of thioether (sulfide) groups is 1. The number of nitrogens with zero attached hydrogens (tertiary/aromatic N) is 2. The lowest BCUT2D eigenvalue weighted by atomic mass is 10.3. The molecule has 0 radical (unpaired) electrons. The van der Waals surface area contributed by atoms with Crippen LogP contribution in [0.3, 0.4) is 0 Å².